The van der Waals surface area contributed by atoms with Crippen LogP contribution in [0.25, 0.3) is 0 Å². The third-order valence-corrected chi connectivity index (χ3v) is 0.957. The molecular formula is C11H28N2. The minimum atomic E-state index is 1.14. The van der Waals surface area contributed by atoms with Crippen LogP contribution in [0.2, 0.25) is 0 Å². The molecule has 13 heavy (non-hydrogen) atoms. The fourth-order valence-corrected chi connectivity index (χ4v) is 0.604. The van der Waals surface area contributed by atoms with E-state index < -0.39 is 0 Å². The Morgan fingerprint density at radius 1 is 0.846 bits per heavy atom. The highest BCUT2D eigenvalue weighted by atomic mass is 15.0. The minimum Gasteiger partial charge on any atom is -0.314 e. The Hall–Kier alpha value is -0.340. The van der Waals surface area contributed by atoms with Gasteiger partial charge in [-0.2, -0.15) is 0 Å². The molecule has 1 saturated heterocycles. The van der Waals surface area contributed by atoms with Crippen molar-refractivity contribution in [1.82, 2.24) is 10.6 Å². The van der Waals surface area contributed by atoms with Gasteiger partial charge in [-0.15, -0.1) is 6.58 Å². The van der Waals surface area contributed by atoms with E-state index >= 15 is 0 Å². The molecule has 2 N–H and O–H groups in total. The fraction of sp³-hybridized carbons (Fsp3) is 0.818. The van der Waals surface area contributed by atoms with E-state index in [-0.39, 0.29) is 0 Å². The third kappa shape index (κ3) is 34.0. The topological polar surface area (TPSA) is 24.1 Å². The molecule has 82 valence electrons. The second kappa shape index (κ2) is 29.9. The lowest BCUT2D eigenvalue weighted by Crippen LogP contribution is -2.39. The zero-order chi connectivity index (χ0) is 10.9. The van der Waals surface area contributed by atoms with Crippen LogP contribution < -0.4 is 10.6 Å². The van der Waals surface area contributed by atoms with Gasteiger partial charge in [0.25, 0.3) is 0 Å². The molecule has 1 heterocycles. The molecular weight excluding hydrogens is 160 g/mol. The first-order valence-electron chi connectivity index (χ1n) is 5.40. The molecule has 2 heteroatoms. The van der Waals surface area contributed by atoms with Crippen LogP contribution in [-0.4, -0.2) is 26.2 Å². The Kier molecular flexibility index (Phi) is 42.4. The van der Waals surface area contributed by atoms with Crippen LogP contribution in [0.1, 0.15) is 34.6 Å². The van der Waals surface area contributed by atoms with E-state index in [0.29, 0.717) is 0 Å². The van der Waals surface area contributed by atoms with Gasteiger partial charge in [0.1, 0.15) is 0 Å². The maximum Gasteiger partial charge on any atom is 0.00772 e. The number of allylic oxidation sites excluding steroid dienone is 1. The zero-order valence-corrected chi connectivity index (χ0v) is 10.1. The van der Waals surface area contributed by atoms with Crippen molar-refractivity contribution in [3.05, 3.63) is 12.7 Å². The van der Waals surface area contributed by atoms with Crippen LogP contribution >= 0.6 is 0 Å². The summed E-state index contributed by atoms with van der Waals surface area (Å²) >= 11 is 0. The molecule has 1 rings (SSSR count). The first-order valence-corrected chi connectivity index (χ1v) is 5.40. The number of hydrogen-bond donors (Lipinski definition) is 2. The van der Waals surface area contributed by atoms with Gasteiger partial charge in [-0.25, -0.2) is 0 Å². The molecule has 0 spiro atoms. The van der Waals surface area contributed by atoms with Gasteiger partial charge >= 0.3 is 0 Å². The SMILES string of the molecule is C1CNCCN1.C=CC.CC.CC. The van der Waals surface area contributed by atoms with Gasteiger partial charge in [-0.3, -0.25) is 0 Å². The Bertz CT molecular complexity index is 47.6. The summed E-state index contributed by atoms with van der Waals surface area (Å²) < 4.78 is 0. The predicted molar refractivity (Wildman–Crippen MR) is 64.3 cm³/mol. The largest absolute Gasteiger partial charge is 0.314 e. The maximum absolute atomic E-state index is 3.36. The first kappa shape index (κ1) is 18.4. The molecule has 2 nitrogen and oxygen atoms in total. The summed E-state index contributed by atoms with van der Waals surface area (Å²) in [4.78, 5) is 0. The molecule has 0 saturated carbocycles. The lowest BCUT2D eigenvalue weighted by Gasteiger charge is -2.11. The summed E-state index contributed by atoms with van der Waals surface area (Å²) in [6.45, 7) is 17.8. The highest BCUT2D eigenvalue weighted by molar-refractivity contribution is 4.59. The van der Waals surface area contributed by atoms with Gasteiger partial charge in [-0.05, 0) is 6.92 Å². The number of hydrogen-bond acceptors (Lipinski definition) is 2. The van der Waals surface area contributed by atoms with Crippen molar-refractivity contribution in [1.29, 1.82) is 0 Å². The quantitative estimate of drug-likeness (QED) is 0.571. The van der Waals surface area contributed by atoms with Crippen molar-refractivity contribution in [2.24, 2.45) is 0 Å². The molecule has 1 aliphatic heterocycles. The van der Waals surface area contributed by atoms with Crippen LogP contribution in [0.5, 0.6) is 0 Å². The maximum atomic E-state index is 3.36. The number of nitrogens with one attached hydrogen (secondary N) is 2. The summed E-state index contributed by atoms with van der Waals surface area (Å²) in [5, 5.41) is 6.44. The molecule has 0 aromatic carbocycles. The van der Waals surface area contributed by atoms with Crippen molar-refractivity contribution >= 4 is 0 Å². The molecule has 0 radical (unpaired) electrons. The first-order chi connectivity index (χ1) is 6.41. The molecule has 0 aromatic rings. The van der Waals surface area contributed by atoms with Gasteiger partial charge in [0, 0.05) is 26.2 Å². The smallest absolute Gasteiger partial charge is 0.00772 e. The normalized spacial score (nSPS) is 13.0. The van der Waals surface area contributed by atoms with E-state index in [9.17, 15) is 0 Å². The van der Waals surface area contributed by atoms with E-state index in [0.717, 1.165) is 26.2 Å². The van der Waals surface area contributed by atoms with E-state index in [4.69, 9.17) is 0 Å². The highest BCUT2D eigenvalue weighted by Crippen LogP contribution is 1.65. The van der Waals surface area contributed by atoms with E-state index in [1.165, 1.54) is 0 Å². The third-order valence-electron chi connectivity index (χ3n) is 0.957. The Morgan fingerprint density at radius 3 is 1.08 bits per heavy atom. The van der Waals surface area contributed by atoms with E-state index in [1.807, 2.05) is 34.6 Å². The van der Waals surface area contributed by atoms with Crippen LogP contribution in [0.15, 0.2) is 12.7 Å². The molecule has 0 aromatic heterocycles. The average molecular weight is 188 g/mol. The highest BCUT2D eigenvalue weighted by Gasteiger charge is 1.91. The van der Waals surface area contributed by atoms with E-state index in [1.54, 1.807) is 6.08 Å². The summed E-state index contributed by atoms with van der Waals surface area (Å²) in [5.41, 5.74) is 0. The second-order valence-electron chi connectivity index (χ2n) is 1.91. The van der Waals surface area contributed by atoms with Crippen LogP contribution in [0.3, 0.4) is 0 Å². The van der Waals surface area contributed by atoms with Crippen LogP contribution in [0.4, 0.5) is 0 Å². The van der Waals surface area contributed by atoms with Crippen molar-refractivity contribution < 1.29 is 0 Å². The summed E-state index contributed by atoms with van der Waals surface area (Å²) in [7, 11) is 0. The van der Waals surface area contributed by atoms with Crippen LogP contribution in [-0.2, 0) is 0 Å². The Labute approximate surface area is 84.8 Å². The van der Waals surface area contributed by atoms with Gasteiger partial charge in [0.05, 0.1) is 0 Å². The lowest BCUT2D eigenvalue weighted by molar-refractivity contribution is 0.534. The number of piperazine rings is 1. The molecule has 0 atom stereocenters. The predicted octanol–water partition coefficient (Wildman–Crippen LogP) is 2.42. The summed E-state index contributed by atoms with van der Waals surface area (Å²) in [6.07, 6.45) is 1.75. The molecule has 0 amide bonds. The second-order valence-corrected chi connectivity index (χ2v) is 1.91. The molecule has 1 aliphatic rings. The standard InChI is InChI=1S/C4H10N2.C3H6.2C2H6/c1-2-6-4-3-5-1;1-3-2;2*1-2/h5-6H,1-4H2;3H,1H2,2H3;2*1-2H3. The Morgan fingerprint density at radius 2 is 1.00 bits per heavy atom. The average Bonchev–Trinajstić information content (AvgIpc) is 2.27. The van der Waals surface area contributed by atoms with Gasteiger partial charge < -0.3 is 10.6 Å². The van der Waals surface area contributed by atoms with Crippen molar-refractivity contribution in [3.8, 4) is 0 Å². The van der Waals surface area contributed by atoms with Crippen molar-refractivity contribution in [2.75, 3.05) is 26.2 Å². The molecule has 0 bridgehead atoms. The summed E-state index contributed by atoms with van der Waals surface area (Å²) in [5.74, 6) is 0. The summed E-state index contributed by atoms with van der Waals surface area (Å²) in [6, 6.07) is 0. The molecule has 0 aliphatic carbocycles. The van der Waals surface area contributed by atoms with Crippen molar-refractivity contribution in [3.63, 3.8) is 0 Å². The molecule has 0 unspecified atom stereocenters. The van der Waals surface area contributed by atoms with Gasteiger partial charge in [0.15, 0.2) is 0 Å². The molecule has 1 fully saturated rings. The van der Waals surface area contributed by atoms with Crippen LogP contribution in [0, 0.1) is 0 Å². The monoisotopic (exact) mass is 188 g/mol. The lowest BCUT2D eigenvalue weighted by atomic mass is 10.4. The number of rotatable bonds is 0. The van der Waals surface area contributed by atoms with Crippen molar-refractivity contribution in [2.45, 2.75) is 34.6 Å². The van der Waals surface area contributed by atoms with Gasteiger partial charge in [0.2, 0.25) is 0 Å². The zero-order valence-electron chi connectivity index (χ0n) is 10.1. The van der Waals surface area contributed by atoms with Gasteiger partial charge in [-0.1, -0.05) is 33.8 Å². The minimum absolute atomic E-state index is 1.14. The Balaban J connectivity index is -0.000000124. The fourth-order valence-electron chi connectivity index (χ4n) is 0.604. The van der Waals surface area contributed by atoms with E-state index in [2.05, 4.69) is 17.2 Å².